The average molecular weight is 489 g/mol. The summed E-state index contributed by atoms with van der Waals surface area (Å²) >= 11 is 0. The summed E-state index contributed by atoms with van der Waals surface area (Å²) in [7, 11) is 0. The van der Waals surface area contributed by atoms with Crippen molar-refractivity contribution in [2.75, 3.05) is 5.01 Å². The van der Waals surface area contributed by atoms with Crippen molar-refractivity contribution < 1.29 is 19.0 Å². The van der Waals surface area contributed by atoms with E-state index in [0.29, 0.717) is 29.7 Å². The van der Waals surface area contributed by atoms with Gasteiger partial charge in [-0.05, 0) is 37.1 Å². The first-order valence-corrected chi connectivity index (χ1v) is 12.7. The highest BCUT2D eigenvalue weighted by Gasteiger charge is 2.54. The Kier molecular flexibility index (Phi) is 7.85. The normalized spacial score (nSPS) is 15.4. The maximum atomic E-state index is 14.4. The highest BCUT2D eigenvalue weighted by molar-refractivity contribution is 6.08. The predicted molar refractivity (Wildman–Crippen MR) is 140 cm³/mol. The van der Waals surface area contributed by atoms with Gasteiger partial charge < -0.3 is 9.84 Å². The van der Waals surface area contributed by atoms with E-state index in [-0.39, 0.29) is 5.90 Å². The Morgan fingerprint density at radius 2 is 1.36 bits per heavy atom. The molecule has 0 aromatic heterocycles. The molecule has 5 nitrogen and oxygen atoms in total. The number of rotatable bonds is 10. The van der Waals surface area contributed by atoms with Gasteiger partial charge in [-0.15, -0.1) is 5.10 Å². The molecular formula is C30H33FN2O3. The molecule has 0 aliphatic carbocycles. The molecule has 1 heterocycles. The number of ether oxygens (including phenoxy) is 1. The molecule has 4 rings (SSSR count). The van der Waals surface area contributed by atoms with E-state index in [2.05, 4.69) is 18.9 Å². The van der Waals surface area contributed by atoms with Crippen LogP contribution in [0.5, 0.6) is 0 Å². The van der Waals surface area contributed by atoms with Crippen molar-refractivity contribution in [1.82, 2.24) is 0 Å². The number of carbonyl (C=O) groups is 1. The van der Waals surface area contributed by atoms with Crippen molar-refractivity contribution in [2.24, 2.45) is 5.10 Å². The van der Waals surface area contributed by atoms with Gasteiger partial charge in [-0.3, -0.25) is 4.79 Å². The van der Waals surface area contributed by atoms with Crippen LogP contribution in [0.4, 0.5) is 10.1 Å². The van der Waals surface area contributed by atoms with Crippen LogP contribution in [0.25, 0.3) is 0 Å². The molecular weight excluding hydrogens is 455 g/mol. The molecule has 0 fully saturated rings. The minimum absolute atomic E-state index is 0.0982. The Morgan fingerprint density at radius 3 is 1.83 bits per heavy atom. The van der Waals surface area contributed by atoms with Gasteiger partial charge in [0.05, 0.1) is 5.69 Å². The van der Waals surface area contributed by atoms with Gasteiger partial charge in [0, 0.05) is 11.1 Å². The smallest absolute Gasteiger partial charge is 0.301 e. The highest BCUT2D eigenvalue weighted by atomic mass is 19.1. The van der Waals surface area contributed by atoms with Gasteiger partial charge in [0.25, 0.3) is 0 Å². The van der Waals surface area contributed by atoms with Crippen molar-refractivity contribution in [3.05, 3.63) is 102 Å². The summed E-state index contributed by atoms with van der Waals surface area (Å²) in [5, 5.41) is 17.8. The first kappa shape index (κ1) is 25.6. The van der Waals surface area contributed by atoms with E-state index in [1.807, 2.05) is 60.7 Å². The average Bonchev–Trinajstić information content (AvgIpc) is 2.92. The second-order valence-corrected chi connectivity index (χ2v) is 9.25. The minimum atomic E-state index is -1.58. The molecule has 1 aliphatic rings. The Morgan fingerprint density at radius 1 is 0.861 bits per heavy atom. The summed E-state index contributed by atoms with van der Waals surface area (Å²) in [5.41, 5.74) is -1.31. The van der Waals surface area contributed by atoms with Gasteiger partial charge in [0.15, 0.2) is 0 Å². The SMILES string of the molecule is CCCCC(O)(CCCC)C1=NN(c2ccc(F)cc2)C(=O)C(c2ccccc2)(c2ccccc2)O1. The van der Waals surface area contributed by atoms with Crippen LogP contribution in [0.3, 0.4) is 0 Å². The molecule has 0 spiro atoms. The number of halogens is 1. The molecule has 0 radical (unpaired) electrons. The van der Waals surface area contributed by atoms with Crippen molar-refractivity contribution in [2.45, 2.75) is 63.6 Å². The van der Waals surface area contributed by atoms with E-state index in [1.54, 1.807) is 0 Å². The third-order valence-electron chi connectivity index (χ3n) is 6.65. The molecule has 0 saturated carbocycles. The number of hydrogen-bond donors (Lipinski definition) is 1. The third-order valence-corrected chi connectivity index (χ3v) is 6.65. The van der Waals surface area contributed by atoms with Gasteiger partial charge in [0.1, 0.15) is 11.4 Å². The van der Waals surface area contributed by atoms with Crippen molar-refractivity contribution in [3.8, 4) is 0 Å². The largest absolute Gasteiger partial charge is 0.451 e. The van der Waals surface area contributed by atoms with E-state index in [1.165, 1.54) is 29.3 Å². The molecule has 36 heavy (non-hydrogen) atoms. The number of carbonyl (C=O) groups excluding carboxylic acids is 1. The highest BCUT2D eigenvalue weighted by Crippen LogP contribution is 2.42. The van der Waals surface area contributed by atoms with Gasteiger partial charge in [0.2, 0.25) is 11.5 Å². The van der Waals surface area contributed by atoms with Gasteiger partial charge in [-0.25, -0.2) is 4.39 Å². The fraction of sp³-hybridized carbons (Fsp3) is 0.333. The molecule has 0 bridgehead atoms. The molecule has 0 unspecified atom stereocenters. The van der Waals surface area contributed by atoms with Crippen LogP contribution in [-0.4, -0.2) is 22.5 Å². The Hall–Kier alpha value is -3.51. The zero-order valence-electron chi connectivity index (χ0n) is 20.9. The second kappa shape index (κ2) is 11.0. The van der Waals surface area contributed by atoms with Gasteiger partial charge in [-0.1, -0.05) is 100 Å². The summed E-state index contributed by atoms with van der Waals surface area (Å²) in [6.07, 6.45) is 4.24. The van der Waals surface area contributed by atoms with Crippen molar-refractivity contribution >= 4 is 17.5 Å². The summed E-state index contributed by atoms with van der Waals surface area (Å²) in [5.74, 6) is -0.756. The molecule has 1 N–H and O–H groups in total. The first-order chi connectivity index (χ1) is 17.4. The fourth-order valence-corrected chi connectivity index (χ4v) is 4.59. The number of anilines is 1. The van der Waals surface area contributed by atoms with Crippen LogP contribution in [-0.2, 0) is 15.1 Å². The minimum Gasteiger partial charge on any atom is -0.451 e. The quantitative estimate of drug-likeness (QED) is 0.352. The maximum Gasteiger partial charge on any atom is 0.301 e. The molecule has 6 heteroatoms. The van der Waals surface area contributed by atoms with E-state index in [4.69, 9.17) is 4.74 Å². The summed E-state index contributed by atoms with van der Waals surface area (Å²) in [4.78, 5) is 14.4. The van der Waals surface area contributed by atoms with Crippen molar-refractivity contribution in [3.63, 3.8) is 0 Å². The molecule has 3 aromatic rings. The van der Waals surface area contributed by atoms with Gasteiger partial charge >= 0.3 is 5.91 Å². The lowest BCUT2D eigenvalue weighted by molar-refractivity contribution is -0.135. The second-order valence-electron chi connectivity index (χ2n) is 9.25. The number of benzene rings is 3. The van der Waals surface area contributed by atoms with Gasteiger partial charge in [-0.2, -0.15) is 5.01 Å². The number of nitrogens with zero attached hydrogens (tertiary/aromatic N) is 2. The lowest BCUT2D eigenvalue weighted by Crippen LogP contribution is -2.57. The van der Waals surface area contributed by atoms with Crippen LogP contribution >= 0.6 is 0 Å². The molecule has 3 aromatic carbocycles. The van der Waals surface area contributed by atoms with Crippen LogP contribution in [0.1, 0.15) is 63.5 Å². The third kappa shape index (κ3) is 4.91. The van der Waals surface area contributed by atoms with E-state index in [0.717, 1.165) is 25.7 Å². The summed E-state index contributed by atoms with van der Waals surface area (Å²) in [6, 6.07) is 24.1. The maximum absolute atomic E-state index is 14.4. The number of aliphatic hydroxyl groups is 1. The lowest BCUT2D eigenvalue weighted by Gasteiger charge is -2.43. The number of hydrazone groups is 1. The van der Waals surface area contributed by atoms with E-state index < -0.39 is 22.9 Å². The summed E-state index contributed by atoms with van der Waals surface area (Å²) < 4.78 is 20.4. The monoisotopic (exact) mass is 488 g/mol. The van der Waals surface area contributed by atoms with Crippen LogP contribution in [0.15, 0.2) is 90.0 Å². The molecule has 1 amide bonds. The zero-order valence-corrected chi connectivity index (χ0v) is 20.9. The molecule has 1 aliphatic heterocycles. The van der Waals surface area contributed by atoms with E-state index >= 15 is 0 Å². The Balaban J connectivity index is 1.96. The van der Waals surface area contributed by atoms with Crippen LogP contribution in [0, 0.1) is 5.82 Å². The van der Waals surface area contributed by atoms with E-state index in [9.17, 15) is 14.3 Å². The predicted octanol–water partition coefficient (Wildman–Crippen LogP) is 6.56. The first-order valence-electron chi connectivity index (χ1n) is 12.7. The molecule has 0 saturated heterocycles. The summed E-state index contributed by atoms with van der Waals surface area (Å²) in [6.45, 7) is 4.13. The number of amides is 1. The topological polar surface area (TPSA) is 62.1 Å². The fourth-order valence-electron chi connectivity index (χ4n) is 4.59. The zero-order chi connectivity index (χ0) is 25.6. The van der Waals surface area contributed by atoms with Crippen LogP contribution in [0.2, 0.25) is 0 Å². The van der Waals surface area contributed by atoms with Crippen molar-refractivity contribution in [1.29, 1.82) is 0 Å². The Labute approximate surface area is 212 Å². The number of unbranched alkanes of at least 4 members (excludes halogenated alkanes) is 2. The van der Waals surface area contributed by atoms with Crippen LogP contribution < -0.4 is 5.01 Å². The standard InChI is InChI=1S/C30H33FN2O3/c1-3-5-21-29(35,22-6-4-2)27-32-33(26-19-17-25(31)18-20-26)28(34)30(36-27,23-13-9-7-10-14-23)24-15-11-8-12-16-24/h7-20,35H,3-6,21-22H2,1-2H3. The Bertz CT molecular complexity index is 1130. The molecule has 0 atom stereocenters. The number of hydrogen-bond acceptors (Lipinski definition) is 4. The molecule has 188 valence electrons. The lowest BCUT2D eigenvalue weighted by atomic mass is 9.83.